The van der Waals surface area contributed by atoms with Crippen molar-refractivity contribution in [1.29, 1.82) is 21.2 Å². The molecule has 2 saturated heterocycles. The minimum absolute atomic E-state index is 0.298. The van der Waals surface area contributed by atoms with E-state index in [4.69, 9.17) is 14.9 Å². The lowest BCUT2D eigenvalue weighted by Gasteiger charge is -2.51. The van der Waals surface area contributed by atoms with Crippen molar-refractivity contribution in [3.63, 3.8) is 0 Å². The molecular formula is C21H20N4O2. The molecule has 1 aromatic carbocycles. The fraction of sp³-hybridized carbons (Fsp3) is 0.524. The number of hydrogen-bond donors (Lipinski definition) is 1. The zero-order valence-corrected chi connectivity index (χ0v) is 15.4. The normalized spacial score (nSPS) is 35.9. The van der Waals surface area contributed by atoms with Gasteiger partial charge in [-0.25, -0.2) is 0 Å². The number of benzene rings is 1. The van der Waals surface area contributed by atoms with Gasteiger partial charge in [-0.05, 0) is 37.8 Å². The Kier molecular flexibility index (Phi) is 3.61. The molecular weight excluding hydrogens is 340 g/mol. The van der Waals surface area contributed by atoms with Crippen molar-refractivity contribution in [2.45, 2.75) is 51.4 Å². The van der Waals surface area contributed by atoms with E-state index < -0.39 is 28.6 Å². The molecule has 2 bridgehead atoms. The van der Waals surface area contributed by atoms with Crippen LogP contribution in [0.5, 0.6) is 0 Å². The van der Waals surface area contributed by atoms with Crippen LogP contribution in [-0.2, 0) is 9.47 Å². The first-order chi connectivity index (χ1) is 12.9. The minimum atomic E-state index is -1.85. The maximum absolute atomic E-state index is 10.2. The van der Waals surface area contributed by atoms with Gasteiger partial charge in [0.2, 0.25) is 17.1 Å². The molecule has 3 aliphatic rings. The molecule has 1 aliphatic carbocycles. The Balaban J connectivity index is 2.04. The Morgan fingerprint density at radius 3 is 2.52 bits per heavy atom. The molecule has 6 heteroatoms. The van der Waals surface area contributed by atoms with Crippen molar-refractivity contribution in [2.24, 2.45) is 16.7 Å². The molecule has 0 aromatic heterocycles. The number of nitriles is 3. The molecule has 3 fully saturated rings. The summed E-state index contributed by atoms with van der Waals surface area (Å²) in [5, 5.41) is 39.1. The number of rotatable bonds is 1. The number of aryl methyl sites for hydroxylation is 2. The van der Waals surface area contributed by atoms with Crippen molar-refractivity contribution < 1.29 is 9.47 Å². The zero-order chi connectivity index (χ0) is 19.4. The van der Waals surface area contributed by atoms with E-state index in [1.165, 1.54) is 0 Å². The topological polar surface area (TPSA) is 114 Å². The van der Waals surface area contributed by atoms with Crippen LogP contribution >= 0.6 is 0 Å². The third-order valence-electron chi connectivity index (χ3n) is 6.53. The van der Waals surface area contributed by atoms with Crippen LogP contribution in [0, 0.1) is 70.0 Å². The Bertz CT molecular complexity index is 952. The second-order valence-electron chi connectivity index (χ2n) is 7.85. The van der Waals surface area contributed by atoms with Gasteiger partial charge in [-0.2, -0.15) is 15.8 Å². The summed E-state index contributed by atoms with van der Waals surface area (Å²) in [6.07, 6.45) is 1.91. The van der Waals surface area contributed by atoms with Crippen LogP contribution in [0.25, 0.3) is 0 Å². The first kappa shape index (κ1) is 17.5. The Labute approximate surface area is 158 Å². The Hall–Kier alpha value is -2.88. The molecule has 27 heavy (non-hydrogen) atoms. The summed E-state index contributed by atoms with van der Waals surface area (Å²) < 4.78 is 12.3. The first-order valence-corrected chi connectivity index (χ1v) is 9.17. The smallest absolute Gasteiger partial charge is 0.217 e. The van der Waals surface area contributed by atoms with E-state index in [1.54, 1.807) is 0 Å². The zero-order valence-electron chi connectivity index (χ0n) is 15.4. The SMILES string of the molecule is Cc1ccc(C)c(C2OC34CCCCC3C(C#N)(C(=N)O4)C2(C#N)C#N)c1. The summed E-state index contributed by atoms with van der Waals surface area (Å²) in [5.74, 6) is -1.90. The molecule has 136 valence electrons. The van der Waals surface area contributed by atoms with Gasteiger partial charge in [0.25, 0.3) is 0 Å². The van der Waals surface area contributed by atoms with Gasteiger partial charge in [0.1, 0.15) is 6.10 Å². The molecule has 0 amide bonds. The lowest BCUT2D eigenvalue weighted by atomic mass is 9.51. The van der Waals surface area contributed by atoms with Gasteiger partial charge < -0.3 is 9.47 Å². The molecule has 1 N–H and O–H groups in total. The second kappa shape index (κ2) is 5.56. The highest BCUT2D eigenvalue weighted by atomic mass is 16.7. The summed E-state index contributed by atoms with van der Waals surface area (Å²) in [5.41, 5.74) is -0.915. The van der Waals surface area contributed by atoms with Crippen LogP contribution in [0.1, 0.15) is 48.5 Å². The van der Waals surface area contributed by atoms with Gasteiger partial charge in [0.05, 0.1) is 24.1 Å². The monoisotopic (exact) mass is 360 g/mol. The number of nitrogens with zero attached hydrogens (tertiary/aromatic N) is 3. The van der Waals surface area contributed by atoms with Gasteiger partial charge in [-0.15, -0.1) is 0 Å². The first-order valence-electron chi connectivity index (χ1n) is 9.17. The predicted molar refractivity (Wildman–Crippen MR) is 94.9 cm³/mol. The fourth-order valence-electron chi connectivity index (χ4n) is 5.18. The van der Waals surface area contributed by atoms with E-state index in [0.29, 0.717) is 18.4 Å². The third-order valence-corrected chi connectivity index (χ3v) is 6.53. The van der Waals surface area contributed by atoms with Gasteiger partial charge in [-0.3, -0.25) is 5.41 Å². The highest BCUT2D eigenvalue weighted by molar-refractivity contribution is 5.89. The van der Waals surface area contributed by atoms with E-state index in [9.17, 15) is 15.8 Å². The Morgan fingerprint density at radius 2 is 1.85 bits per heavy atom. The van der Waals surface area contributed by atoms with Crippen molar-refractivity contribution in [3.8, 4) is 18.2 Å². The second-order valence-corrected chi connectivity index (χ2v) is 7.85. The van der Waals surface area contributed by atoms with Crippen molar-refractivity contribution in [3.05, 3.63) is 34.9 Å². The molecule has 0 spiro atoms. The number of hydrogen-bond acceptors (Lipinski definition) is 6. The molecule has 0 radical (unpaired) electrons. The molecule has 2 heterocycles. The van der Waals surface area contributed by atoms with E-state index in [1.807, 2.05) is 32.0 Å². The summed E-state index contributed by atoms with van der Waals surface area (Å²) in [7, 11) is 0. The number of ether oxygens (including phenoxy) is 2. The molecule has 1 aromatic rings. The maximum Gasteiger partial charge on any atom is 0.217 e. The fourth-order valence-corrected chi connectivity index (χ4v) is 5.18. The van der Waals surface area contributed by atoms with E-state index in [0.717, 1.165) is 24.0 Å². The molecule has 2 aliphatic heterocycles. The average Bonchev–Trinajstić information content (AvgIpc) is 2.88. The summed E-state index contributed by atoms with van der Waals surface area (Å²) in [4.78, 5) is 0. The molecule has 6 nitrogen and oxygen atoms in total. The van der Waals surface area contributed by atoms with Crippen molar-refractivity contribution >= 4 is 5.90 Å². The molecule has 1 saturated carbocycles. The summed E-state index contributed by atoms with van der Waals surface area (Å²) in [6.45, 7) is 3.83. The summed E-state index contributed by atoms with van der Waals surface area (Å²) in [6, 6.07) is 12.2. The van der Waals surface area contributed by atoms with Gasteiger partial charge in [-0.1, -0.05) is 30.2 Å². The van der Waals surface area contributed by atoms with Crippen molar-refractivity contribution in [1.82, 2.24) is 0 Å². The van der Waals surface area contributed by atoms with E-state index in [-0.39, 0.29) is 5.90 Å². The van der Waals surface area contributed by atoms with E-state index in [2.05, 4.69) is 18.2 Å². The van der Waals surface area contributed by atoms with Crippen LogP contribution in [-0.4, -0.2) is 11.7 Å². The largest absolute Gasteiger partial charge is 0.447 e. The van der Waals surface area contributed by atoms with Crippen LogP contribution < -0.4 is 0 Å². The highest BCUT2D eigenvalue weighted by Gasteiger charge is 2.80. The Morgan fingerprint density at radius 1 is 1.11 bits per heavy atom. The predicted octanol–water partition coefficient (Wildman–Crippen LogP) is 3.81. The lowest BCUT2D eigenvalue weighted by molar-refractivity contribution is -0.294. The van der Waals surface area contributed by atoms with Gasteiger partial charge in [0, 0.05) is 6.42 Å². The minimum Gasteiger partial charge on any atom is -0.447 e. The van der Waals surface area contributed by atoms with Crippen LogP contribution in [0.2, 0.25) is 0 Å². The lowest BCUT2D eigenvalue weighted by Crippen LogP contribution is -2.60. The maximum atomic E-state index is 10.2. The quantitative estimate of drug-likeness (QED) is 0.818. The molecule has 4 rings (SSSR count). The standard InChI is InChI=1S/C21H20N4O2/c1-13-6-7-14(2)15(9-13)17-19(10-22,11-23)20(12-24)16-5-3-4-8-21(16,26-17)27-18(20)25/h6-7,9,16-17,25H,3-5,8H2,1-2H3. The summed E-state index contributed by atoms with van der Waals surface area (Å²) >= 11 is 0. The van der Waals surface area contributed by atoms with Crippen molar-refractivity contribution in [2.75, 3.05) is 0 Å². The van der Waals surface area contributed by atoms with Gasteiger partial charge in [0.15, 0.2) is 5.41 Å². The van der Waals surface area contributed by atoms with Crippen LogP contribution in [0.15, 0.2) is 18.2 Å². The van der Waals surface area contributed by atoms with Crippen LogP contribution in [0.4, 0.5) is 0 Å². The van der Waals surface area contributed by atoms with E-state index >= 15 is 0 Å². The third kappa shape index (κ3) is 1.88. The highest BCUT2D eigenvalue weighted by Crippen LogP contribution is 2.69. The number of nitrogens with one attached hydrogen (secondary N) is 1. The van der Waals surface area contributed by atoms with Crippen LogP contribution in [0.3, 0.4) is 0 Å². The molecule has 4 unspecified atom stereocenters. The average molecular weight is 360 g/mol. The van der Waals surface area contributed by atoms with Gasteiger partial charge >= 0.3 is 0 Å². The molecule has 4 atom stereocenters.